The lowest BCUT2D eigenvalue weighted by atomic mass is 9.87. The van der Waals surface area contributed by atoms with Crippen molar-refractivity contribution in [2.75, 3.05) is 5.32 Å². The number of rotatable bonds is 5. The van der Waals surface area contributed by atoms with Crippen LogP contribution in [0.3, 0.4) is 0 Å². The molecule has 2 aliphatic rings. The van der Waals surface area contributed by atoms with Crippen LogP contribution >= 0.6 is 11.6 Å². The molecule has 6 nitrogen and oxygen atoms in total. The van der Waals surface area contributed by atoms with E-state index in [1.54, 1.807) is 6.20 Å². The predicted octanol–water partition coefficient (Wildman–Crippen LogP) is 3.40. The molecule has 0 radical (unpaired) electrons. The summed E-state index contributed by atoms with van der Waals surface area (Å²) in [4.78, 5) is 16.5. The number of amides is 1. The van der Waals surface area contributed by atoms with Crippen molar-refractivity contribution in [3.05, 3.63) is 41.6 Å². The third-order valence-corrected chi connectivity index (χ3v) is 5.39. The van der Waals surface area contributed by atoms with E-state index in [2.05, 4.69) is 34.7 Å². The number of hydrogen-bond acceptors (Lipinski definition) is 5. The van der Waals surface area contributed by atoms with Crippen molar-refractivity contribution in [3.63, 3.8) is 0 Å². The average molecular weight is 389 g/mol. The Morgan fingerprint density at radius 3 is 2.93 bits per heavy atom. The molecule has 0 aliphatic carbocycles. The molecule has 2 aliphatic heterocycles. The summed E-state index contributed by atoms with van der Waals surface area (Å²) in [6.07, 6.45) is 5.77. The molecule has 0 spiro atoms. The van der Waals surface area contributed by atoms with Gasteiger partial charge in [-0.3, -0.25) is 10.2 Å². The molecular formula is C20H25ClN4O2. The molecule has 1 amide bonds. The van der Waals surface area contributed by atoms with Crippen LogP contribution in [0.5, 0.6) is 0 Å². The number of anilines is 1. The molecule has 27 heavy (non-hydrogen) atoms. The van der Waals surface area contributed by atoms with E-state index in [0.717, 1.165) is 35.4 Å². The van der Waals surface area contributed by atoms with E-state index in [4.69, 9.17) is 11.6 Å². The molecule has 144 valence electrons. The maximum absolute atomic E-state index is 12.5. The quantitative estimate of drug-likeness (QED) is 0.722. The van der Waals surface area contributed by atoms with E-state index in [1.165, 1.54) is 0 Å². The highest BCUT2D eigenvalue weighted by Gasteiger charge is 2.27. The second-order valence-electron chi connectivity index (χ2n) is 6.82. The predicted molar refractivity (Wildman–Crippen MR) is 109 cm³/mol. The topological polar surface area (TPSA) is 86.1 Å². The van der Waals surface area contributed by atoms with Gasteiger partial charge in [0.25, 0.3) is 0 Å². The minimum absolute atomic E-state index is 0.158. The van der Waals surface area contributed by atoms with Gasteiger partial charge in [-0.1, -0.05) is 37.6 Å². The van der Waals surface area contributed by atoms with Gasteiger partial charge < -0.3 is 10.4 Å². The first-order chi connectivity index (χ1) is 13.0. The number of nitrogens with zero attached hydrogens (tertiary/aromatic N) is 2. The molecule has 1 aromatic carbocycles. The number of aryl methyl sites for hydroxylation is 1. The van der Waals surface area contributed by atoms with Gasteiger partial charge in [0, 0.05) is 29.8 Å². The van der Waals surface area contributed by atoms with E-state index in [9.17, 15) is 9.90 Å². The zero-order valence-corrected chi connectivity index (χ0v) is 16.3. The molecule has 0 saturated heterocycles. The normalized spacial score (nSPS) is 24.7. The molecule has 3 rings (SSSR count). The second kappa shape index (κ2) is 8.67. The fourth-order valence-corrected chi connectivity index (χ4v) is 3.72. The first-order valence-corrected chi connectivity index (χ1v) is 9.74. The smallest absolute Gasteiger partial charge is 0.234 e. The Labute approximate surface area is 164 Å². The summed E-state index contributed by atoms with van der Waals surface area (Å²) < 4.78 is 0. The van der Waals surface area contributed by atoms with Gasteiger partial charge in [0.05, 0.1) is 11.6 Å². The van der Waals surface area contributed by atoms with E-state index < -0.39 is 12.1 Å². The van der Waals surface area contributed by atoms with Crippen molar-refractivity contribution in [3.8, 4) is 0 Å². The maximum atomic E-state index is 12.5. The van der Waals surface area contributed by atoms with Crippen LogP contribution in [0.2, 0.25) is 0 Å². The standard InChI is InChI=1S/C20H25ClN4O2/c1-3-12-10-14(23-20(27)16-6-5-9-22-19(16)21)7-8-15(12)18-13(4-2)11-17(26)24-25-18/h5,7-10,13,16-17,24,26H,3-4,6,11H2,1-2H3,(H,23,27). The Bertz CT molecular complexity index is 803. The van der Waals surface area contributed by atoms with Crippen LogP contribution in [0, 0.1) is 11.8 Å². The van der Waals surface area contributed by atoms with Gasteiger partial charge in [0.1, 0.15) is 11.4 Å². The highest BCUT2D eigenvalue weighted by Crippen LogP contribution is 2.26. The molecular weight excluding hydrogens is 364 g/mol. The van der Waals surface area contributed by atoms with Crippen LogP contribution in [0.25, 0.3) is 0 Å². The summed E-state index contributed by atoms with van der Waals surface area (Å²) in [7, 11) is 0. The summed E-state index contributed by atoms with van der Waals surface area (Å²) in [6, 6.07) is 5.86. The number of aliphatic imine (C=N–C) groups is 1. The fourth-order valence-electron chi connectivity index (χ4n) is 3.48. The van der Waals surface area contributed by atoms with Crippen molar-refractivity contribution in [1.29, 1.82) is 0 Å². The lowest BCUT2D eigenvalue weighted by Gasteiger charge is -2.27. The van der Waals surface area contributed by atoms with Crippen molar-refractivity contribution in [1.82, 2.24) is 5.43 Å². The lowest BCUT2D eigenvalue weighted by molar-refractivity contribution is -0.117. The van der Waals surface area contributed by atoms with Crippen molar-refractivity contribution >= 4 is 34.1 Å². The Morgan fingerprint density at radius 1 is 1.41 bits per heavy atom. The van der Waals surface area contributed by atoms with Crippen LogP contribution in [-0.2, 0) is 11.2 Å². The second-order valence-corrected chi connectivity index (χ2v) is 7.21. The summed E-state index contributed by atoms with van der Waals surface area (Å²) in [5.41, 5.74) is 6.64. The number of aliphatic hydroxyl groups excluding tert-OH is 1. The summed E-state index contributed by atoms with van der Waals surface area (Å²) in [6.45, 7) is 4.18. The third-order valence-electron chi connectivity index (χ3n) is 5.03. The first kappa shape index (κ1) is 19.6. The van der Waals surface area contributed by atoms with Crippen LogP contribution in [-0.4, -0.2) is 28.1 Å². The third kappa shape index (κ3) is 4.39. The minimum atomic E-state index is -0.599. The maximum Gasteiger partial charge on any atom is 0.234 e. The number of carbonyl (C=O) groups is 1. The molecule has 3 N–H and O–H groups in total. The van der Waals surface area contributed by atoms with Crippen molar-refractivity contribution in [2.24, 2.45) is 21.9 Å². The largest absolute Gasteiger partial charge is 0.372 e. The van der Waals surface area contributed by atoms with Crippen LogP contribution in [0.4, 0.5) is 5.69 Å². The molecule has 0 bridgehead atoms. The number of hydrogen-bond donors (Lipinski definition) is 3. The number of hydrazone groups is 1. The monoisotopic (exact) mass is 388 g/mol. The summed E-state index contributed by atoms with van der Waals surface area (Å²) in [5, 5.41) is 17.5. The molecule has 0 saturated carbocycles. The van der Waals surface area contributed by atoms with E-state index in [1.807, 2.05) is 24.3 Å². The van der Waals surface area contributed by atoms with Crippen LogP contribution in [0.15, 0.2) is 40.6 Å². The van der Waals surface area contributed by atoms with Crippen LogP contribution in [0.1, 0.15) is 44.2 Å². The number of allylic oxidation sites excluding steroid dienone is 1. The van der Waals surface area contributed by atoms with Crippen LogP contribution < -0.4 is 10.7 Å². The van der Waals surface area contributed by atoms with Gasteiger partial charge in [-0.25, -0.2) is 4.99 Å². The van der Waals surface area contributed by atoms with E-state index >= 15 is 0 Å². The number of benzene rings is 1. The number of carbonyl (C=O) groups excluding carboxylic acids is 1. The molecule has 1 aromatic rings. The Kier molecular flexibility index (Phi) is 6.29. The molecule has 3 unspecified atom stereocenters. The summed E-state index contributed by atoms with van der Waals surface area (Å²) >= 11 is 6.07. The van der Waals surface area contributed by atoms with Gasteiger partial charge in [0.15, 0.2) is 0 Å². The number of aliphatic hydroxyl groups is 1. The van der Waals surface area contributed by atoms with E-state index in [-0.39, 0.29) is 11.8 Å². The lowest BCUT2D eigenvalue weighted by Crippen LogP contribution is -2.37. The van der Waals surface area contributed by atoms with Gasteiger partial charge in [0.2, 0.25) is 5.91 Å². The Balaban J connectivity index is 1.81. The first-order valence-electron chi connectivity index (χ1n) is 9.37. The molecule has 2 heterocycles. The zero-order chi connectivity index (χ0) is 19.4. The molecule has 3 atom stereocenters. The van der Waals surface area contributed by atoms with E-state index in [0.29, 0.717) is 18.0 Å². The van der Waals surface area contributed by atoms with Gasteiger partial charge in [-0.15, -0.1) is 0 Å². The molecule has 7 heteroatoms. The number of nitrogens with one attached hydrogen (secondary N) is 2. The highest BCUT2D eigenvalue weighted by molar-refractivity contribution is 6.67. The van der Waals surface area contributed by atoms with Crippen molar-refractivity contribution < 1.29 is 9.90 Å². The van der Waals surface area contributed by atoms with Crippen molar-refractivity contribution in [2.45, 2.75) is 45.8 Å². The Hall–Kier alpha value is -2.18. The fraction of sp³-hybridized carbons (Fsp3) is 0.450. The number of halogens is 1. The molecule has 0 fully saturated rings. The zero-order valence-electron chi connectivity index (χ0n) is 15.6. The highest BCUT2D eigenvalue weighted by atomic mass is 35.5. The Morgan fingerprint density at radius 2 is 2.22 bits per heavy atom. The minimum Gasteiger partial charge on any atom is -0.372 e. The SMILES string of the molecule is CCc1cc(NC(=O)C2CC=CN=C2Cl)ccc1C1=NNC(O)CC1CC. The van der Waals surface area contributed by atoms with Gasteiger partial charge in [-0.05, 0) is 37.0 Å². The van der Waals surface area contributed by atoms with Gasteiger partial charge in [-0.2, -0.15) is 5.10 Å². The molecule has 0 aromatic heterocycles. The average Bonchev–Trinajstić information content (AvgIpc) is 2.68. The van der Waals surface area contributed by atoms with Gasteiger partial charge >= 0.3 is 0 Å². The summed E-state index contributed by atoms with van der Waals surface area (Å²) in [5.74, 6) is -0.399.